The number of hydrogen-bond donors (Lipinski definition) is 0. The molecule has 0 saturated carbocycles. The summed E-state index contributed by atoms with van der Waals surface area (Å²) < 4.78 is -0.850. The maximum Gasteiger partial charge on any atom is 0.310 e. The maximum absolute atomic E-state index is 12.7. The fourth-order valence-electron chi connectivity index (χ4n) is 4.44. The number of nitrogens with zero attached hydrogens (tertiary/aromatic N) is 2. The van der Waals surface area contributed by atoms with E-state index in [2.05, 4.69) is 41.1 Å². The van der Waals surface area contributed by atoms with E-state index in [1.54, 1.807) is 0 Å². The van der Waals surface area contributed by atoms with E-state index in [0.717, 1.165) is 29.1 Å². The molecule has 0 spiro atoms. The van der Waals surface area contributed by atoms with Crippen LogP contribution in [0.2, 0.25) is 5.02 Å². The van der Waals surface area contributed by atoms with Crippen LogP contribution in [0, 0.1) is 5.21 Å². The number of aliphatic imine (C=N–C) groups is 1. The highest BCUT2D eigenvalue weighted by Gasteiger charge is 2.34. The summed E-state index contributed by atoms with van der Waals surface area (Å²) in [6.45, 7) is 4.83. The fourth-order valence-corrected chi connectivity index (χ4v) is 5.04. The van der Waals surface area contributed by atoms with E-state index >= 15 is 0 Å². The first-order valence-corrected chi connectivity index (χ1v) is 10.9. The number of fused-ring (bicyclic) bond motifs is 2. The molecule has 28 heavy (non-hydrogen) atoms. The molecule has 0 radical (unpaired) electrons. The van der Waals surface area contributed by atoms with Crippen LogP contribution in [-0.4, -0.2) is 40.2 Å². The van der Waals surface area contributed by atoms with Crippen molar-refractivity contribution < 1.29 is 9.44 Å². The molecular weight excluding hydrogens is 440 g/mol. The number of benzene rings is 1. The molecule has 1 fully saturated rings. The van der Waals surface area contributed by atoms with Crippen molar-refractivity contribution >= 4 is 44.7 Å². The monoisotopic (exact) mass is 462 g/mol. The Kier molecular flexibility index (Phi) is 5.15. The molecule has 1 amide bonds. The second-order valence-electron chi connectivity index (χ2n) is 8.25. The Hall–Kier alpha value is -1.27. The van der Waals surface area contributed by atoms with Gasteiger partial charge in [0.05, 0.1) is 36.6 Å². The molecule has 1 aliphatic carbocycles. The van der Waals surface area contributed by atoms with Gasteiger partial charge in [-0.1, -0.05) is 39.7 Å². The van der Waals surface area contributed by atoms with Crippen molar-refractivity contribution in [3.63, 3.8) is 0 Å². The van der Waals surface area contributed by atoms with Crippen molar-refractivity contribution in [3.05, 3.63) is 56.8 Å². The van der Waals surface area contributed by atoms with E-state index < -0.39 is 4.65 Å². The third-order valence-electron chi connectivity index (χ3n) is 6.04. The van der Waals surface area contributed by atoms with E-state index in [-0.39, 0.29) is 10.2 Å². The lowest BCUT2D eigenvalue weighted by molar-refractivity contribution is -0.806. The van der Waals surface area contributed by atoms with Gasteiger partial charge in [-0.2, -0.15) is 0 Å². The van der Waals surface area contributed by atoms with E-state index in [1.165, 1.54) is 29.2 Å². The topological polar surface area (TPSA) is 52.5 Å². The lowest BCUT2D eigenvalue weighted by Gasteiger charge is -2.43. The molecule has 6 heteroatoms. The van der Waals surface area contributed by atoms with Gasteiger partial charge in [0.15, 0.2) is 0 Å². The smallest absolute Gasteiger partial charge is 0.310 e. The summed E-state index contributed by atoms with van der Waals surface area (Å²) in [5.74, 6) is -0.303. The molecule has 1 aromatic rings. The Morgan fingerprint density at radius 2 is 1.96 bits per heavy atom. The maximum atomic E-state index is 12.7. The van der Waals surface area contributed by atoms with Gasteiger partial charge in [-0.05, 0) is 54.2 Å². The predicted octanol–water partition coefficient (Wildman–Crippen LogP) is 5.23. The highest BCUT2D eigenvalue weighted by molar-refractivity contribution is 9.10. The molecule has 1 unspecified atom stereocenters. The number of dihydropyridines is 1. The SMILES string of the molecule is CC(=O)[N+]1([O-])CCC(=C2C3=NCC(C)(Br)C=C3CCc3cc(Cl)ccc32)CC1. The van der Waals surface area contributed by atoms with Crippen LogP contribution in [0.25, 0.3) is 5.57 Å². The number of halogens is 2. The zero-order valence-electron chi connectivity index (χ0n) is 16.2. The van der Waals surface area contributed by atoms with Crippen LogP contribution in [0.4, 0.5) is 0 Å². The van der Waals surface area contributed by atoms with Crippen LogP contribution in [0.3, 0.4) is 0 Å². The second kappa shape index (κ2) is 7.21. The first kappa shape index (κ1) is 20.0. The van der Waals surface area contributed by atoms with Gasteiger partial charge in [-0.15, -0.1) is 0 Å². The summed E-state index contributed by atoms with van der Waals surface area (Å²) in [7, 11) is 0. The van der Waals surface area contributed by atoms with Crippen LogP contribution in [0.5, 0.6) is 0 Å². The first-order chi connectivity index (χ1) is 13.2. The summed E-state index contributed by atoms with van der Waals surface area (Å²) in [4.78, 5) is 16.8. The van der Waals surface area contributed by atoms with Gasteiger partial charge >= 0.3 is 5.91 Å². The minimum Gasteiger partial charge on any atom is -0.625 e. The molecule has 2 aliphatic heterocycles. The molecule has 4 nitrogen and oxygen atoms in total. The Morgan fingerprint density at radius 3 is 2.64 bits per heavy atom. The van der Waals surface area contributed by atoms with Crippen LogP contribution >= 0.6 is 27.5 Å². The van der Waals surface area contributed by atoms with Crippen molar-refractivity contribution in [2.45, 2.75) is 43.9 Å². The number of amides is 1. The number of likely N-dealkylation sites (tertiary alicyclic amines) is 1. The van der Waals surface area contributed by atoms with Crippen LogP contribution in [0.15, 0.2) is 40.4 Å². The Labute approximate surface area is 179 Å². The minimum absolute atomic E-state index is 0.127. The van der Waals surface area contributed by atoms with E-state index in [1.807, 2.05) is 6.07 Å². The number of allylic oxidation sites excluding steroid dienone is 2. The number of alkyl halides is 1. The standard InChI is InChI=1S/C22H24BrClN2O2/c1-14(27)26(28)9-7-15(8-10-26)20-19-6-5-18(24)11-16(19)3-4-17-12-22(2,23)13-25-21(17)20/h5-6,11-12H,3-4,7-10,13H2,1-2H3. The fraction of sp³-hybridized carbons (Fsp3) is 0.455. The Morgan fingerprint density at radius 1 is 1.25 bits per heavy atom. The largest absolute Gasteiger partial charge is 0.625 e. The molecule has 0 N–H and O–H groups in total. The van der Waals surface area contributed by atoms with Crippen molar-refractivity contribution in [2.75, 3.05) is 19.6 Å². The normalized spacial score (nSPS) is 30.0. The molecule has 0 aromatic heterocycles. The minimum atomic E-state index is -0.723. The third-order valence-corrected chi connectivity index (χ3v) is 6.75. The van der Waals surface area contributed by atoms with Gasteiger partial charge in [0, 0.05) is 23.4 Å². The average Bonchev–Trinajstić information content (AvgIpc) is 2.78. The predicted molar refractivity (Wildman–Crippen MR) is 118 cm³/mol. The molecule has 1 saturated heterocycles. The summed E-state index contributed by atoms with van der Waals surface area (Å²) in [5.41, 5.74) is 7.10. The van der Waals surface area contributed by atoms with Gasteiger partial charge in [0.25, 0.3) is 0 Å². The molecule has 3 aliphatic rings. The number of hydroxylamine groups is 3. The van der Waals surface area contributed by atoms with Gasteiger partial charge in [-0.3, -0.25) is 9.64 Å². The average molecular weight is 464 g/mol. The highest BCUT2D eigenvalue weighted by atomic mass is 79.9. The van der Waals surface area contributed by atoms with Crippen molar-refractivity contribution in [3.8, 4) is 0 Å². The lowest BCUT2D eigenvalue weighted by atomic mass is 9.85. The van der Waals surface area contributed by atoms with Crippen molar-refractivity contribution in [2.24, 2.45) is 4.99 Å². The molecule has 1 aromatic carbocycles. The van der Waals surface area contributed by atoms with Gasteiger partial charge < -0.3 is 5.21 Å². The number of quaternary nitrogens is 1. The van der Waals surface area contributed by atoms with E-state index in [9.17, 15) is 10.0 Å². The summed E-state index contributed by atoms with van der Waals surface area (Å²) in [6, 6.07) is 6.07. The molecule has 1 atom stereocenters. The molecule has 148 valence electrons. The third kappa shape index (κ3) is 3.65. The number of hydrogen-bond acceptors (Lipinski definition) is 3. The molecule has 0 bridgehead atoms. The summed E-state index contributed by atoms with van der Waals surface area (Å²) in [6.07, 6.45) is 5.36. The van der Waals surface area contributed by atoms with Gasteiger partial charge in [0.2, 0.25) is 0 Å². The van der Waals surface area contributed by atoms with Crippen molar-refractivity contribution in [1.29, 1.82) is 0 Å². The summed E-state index contributed by atoms with van der Waals surface area (Å²) in [5, 5.41) is 13.4. The number of carbonyl (C=O) groups excluding carboxylic acids is 1. The lowest BCUT2D eigenvalue weighted by Crippen LogP contribution is -2.50. The molecule has 2 heterocycles. The van der Waals surface area contributed by atoms with E-state index in [4.69, 9.17) is 16.6 Å². The Bertz CT molecular complexity index is 936. The highest BCUT2D eigenvalue weighted by Crippen LogP contribution is 2.41. The van der Waals surface area contributed by atoms with Gasteiger partial charge in [-0.25, -0.2) is 4.79 Å². The van der Waals surface area contributed by atoms with Crippen LogP contribution in [0.1, 0.15) is 44.2 Å². The zero-order valence-corrected chi connectivity index (χ0v) is 18.6. The number of piperidine rings is 1. The molecule has 4 rings (SSSR count). The second-order valence-corrected chi connectivity index (χ2v) is 10.5. The van der Waals surface area contributed by atoms with Crippen molar-refractivity contribution in [1.82, 2.24) is 0 Å². The van der Waals surface area contributed by atoms with Crippen LogP contribution in [-0.2, 0) is 11.2 Å². The zero-order chi connectivity index (χ0) is 20.1. The van der Waals surface area contributed by atoms with Crippen LogP contribution < -0.4 is 0 Å². The summed E-state index contributed by atoms with van der Waals surface area (Å²) >= 11 is 10.1. The number of rotatable bonds is 0. The Balaban J connectivity index is 1.84. The quantitative estimate of drug-likeness (QED) is 0.300. The number of aryl methyl sites for hydroxylation is 1. The first-order valence-electron chi connectivity index (χ1n) is 9.74. The molecular formula is C22H24BrClN2O2. The van der Waals surface area contributed by atoms with Gasteiger partial charge in [0.1, 0.15) is 0 Å². The number of carbonyl (C=O) groups is 1. The van der Waals surface area contributed by atoms with E-state index in [0.29, 0.717) is 32.5 Å².